The molecule has 2 saturated carbocycles. The second kappa shape index (κ2) is 18.5. The molecule has 2 unspecified atom stereocenters. The van der Waals surface area contributed by atoms with E-state index < -0.39 is 53.1 Å². The summed E-state index contributed by atoms with van der Waals surface area (Å²) < 4.78 is 0. The number of likely N-dealkylation sites (tertiary alicyclic amines) is 1. The van der Waals surface area contributed by atoms with Crippen molar-refractivity contribution in [2.24, 2.45) is 34.3 Å². The lowest BCUT2D eigenvalue weighted by Crippen LogP contribution is -2.63. The Balaban J connectivity index is 0.00000111. The Morgan fingerprint density at radius 3 is 1.79 bits per heavy atom. The van der Waals surface area contributed by atoms with Gasteiger partial charge in [-0.25, -0.2) is 4.79 Å². The largest absolute Gasteiger partial charge is 0.363 e. The number of rotatable bonds is 9. The highest BCUT2D eigenvalue weighted by atomic mass is 16.2. The van der Waals surface area contributed by atoms with Gasteiger partial charge in [-0.1, -0.05) is 88.5 Å². The summed E-state index contributed by atoms with van der Waals surface area (Å²) in [5, 5.41) is 7.79. The zero-order valence-corrected chi connectivity index (χ0v) is 31.8. The number of Topliss-reactive ketones (excluding diaryl/α,β-unsaturated/α-hetero) is 1. The molecule has 0 aromatic carbocycles. The number of nitrogens with two attached hydrogens (primary N) is 1. The van der Waals surface area contributed by atoms with Crippen LogP contribution in [0.25, 0.3) is 0 Å². The summed E-state index contributed by atoms with van der Waals surface area (Å²) in [6.45, 7) is 21.8. The second-order valence-electron chi connectivity index (χ2n) is 16.7. The van der Waals surface area contributed by atoms with Crippen LogP contribution in [0.4, 0.5) is 4.79 Å². The molecule has 3 fully saturated rings. The number of urea groups is 1. The van der Waals surface area contributed by atoms with E-state index in [2.05, 4.69) is 64.4 Å². The van der Waals surface area contributed by atoms with Crippen LogP contribution in [0, 0.1) is 28.6 Å². The van der Waals surface area contributed by atoms with Crippen molar-refractivity contribution < 1.29 is 28.8 Å². The maximum Gasteiger partial charge on any atom is 0.315 e. The van der Waals surface area contributed by atoms with Crippen molar-refractivity contribution in [1.82, 2.24) is 25.8 Å². The molecule has 0 spiro atoms. The highest BCUT2D eigenvalue weighted by Gasteiger charge is 2.45. The number of hydrogen-bond donors (Lipinski definition) is 4. The quantitative estimate of drug-likeness (QED) is 0.269. The molecule has 5 N–H and O–H groups in total. The van der Waals surface area contributed by atoms with Gasteiger partial charge < -0.3 is 31.5 Å². The number of amides is 6. The van der Waals surface area contributed by atoms with Gasteiger partial charge in [-0.15, -0.1) is 0 Å². The van der Waals surface area contributed by atoms with Gasteiger partial charge in [-0.3, -0.25) is 24.0 Å². The lowest BCUT2D eigenvalue weighted by atomic mass is 9.72. The molecular weight excluding hydrogens is 612 g/mol. The smallest absolute Gasteiger partial charge is 0.315 e. The maximum absolute atomic E-state index is 13.9. The predicted octanol–water partition coefficient (Wildman–Crippen LogP) is 4.00. The summed E-state index contributed by atoms with van der Waals surface area (Å²) in [6.07, 6.45) is 7.36. The zero-order valence-electron chi connectivity index (χ0n) is 31.8. The monoisotopic (exact) mass is 679 g/mol. The molecule has 2 aliphatic carbocycles. The van der Waals surface area contributed by atoms with E-state index in [0.29, 0.717) is 12.8 Å². The fourth-order valence-electron chi connectivity index (χ4n) is 5.41. The normalized spacial score (nSPS) is 20.7. The first-order valence-electron chi connectivity index (χ1n) is 17.7. The second-order valence-corrected chi connectivity index (χ2v) is 16.7. The Kier molecular flexibility index (Phi) is 16.6. The standard InChI is InChI=1S/C27H46N6O6.C5H10.C4H10/c1-15(20(35)22(28)36)30-23(37)18-13-16(26(2,3)4)11-12-33(18)24(38)21(27(5,6)7)31-25(39)29-14-19(34)32(8)17-9-10-17;1-5-3-2-4-5;1-4(2)3/h15-18,21H,9-14H2,1-8H3,(H2,28,36)(H,30,37)(H2,29,31,39);5H,2-4H2,1H3;4H,1-3H3/t15?,16-,18-,21?;;/m0../s1. The van der Waals surface area contributed by atoms with Crippen molar-refractivity contribution >= 4 is 35.4 Å². The van der Waals surface area contributed by atoms with Gasteiger partial charge in [0, 0.05) is 19.6 Å². The summed E-state index contributed by atoms with van der Waals surface area (Å²) in [4.78, 5) is 78.7. The molecule has 0 aromatic rings. The van der Waals surface area contributed by atoms with Crippen molar-refractivity contribution in [2.45, 2.75) is 145 Å². The Morgan fingerprint density at radius 1 is 0.875 bits per heavy atom. The lowest BCUT2D eigenvalue weighted by molar-refractivity contribution is -0.148. The molecule has 12 heteroatoms. The van der Waals surface area contributed by atoms with Gasteiger partial charge in [-0.05, 0) is 61.2 Å². The van der Waals surface area contributed by atoms with E-state index in [-0.39, 0.29) is 36.4 Å². The summed E-state index contributed by atoms with van der Waals surface area (Å²) in [7, 11) is 1.70. The Morgan fingerprint density at radius 2 is 1.40 bits per heavy atom. The first-order valence-corrected chi connectivity index (χ1v) is 17.7. The van der Waals surface area contributed by atoms with Gasteiger partial charge in [0.25, 0.3) is 5.91 Å². The van der Waals surface area contributed by atoms with E-state index in [1.54, 1.807) is 32.7 Å². The van der Waals surface area contributed by atoms with Crippen LogP contribution >= 0.6 is 0 Å². The third-order valence-corrected chi connectivity index (χ3v) is 9.08. The number of ketones is 1. The van der Waals surface area contributed by atoms with E-state index in [1.807, 2.05) is 0 Å². The molecule has 3 aliphatic rings. The molecule has 0 bridgehead atoms. The fraction of sp³-hybridized carbons (Fsp3) is 0.833. The number of hydrogen-bond acceptors (Lipinski definition) is 6. The van der Waals surface area contributed by atoms with Gasteiger partial charge in [-0.2, -0.15) is 0 Å². The van der Waals surface area contributed by atoms with Crippen LogP contribution in [0.15, 0.2) is 0 Å². The zero-order chi connectivity index (χ0) is 37.1. The Bertz CT molecular complexity index is 1120. The van der Waals surface area contributed by atoms with Gasteiger partial charge in [0.1, 0.15) is 12.1 Å². The van der Waals surface area contributed by atoms with Crippen LogP contribution in [-0.2, 0) is 24.0 Å². The van der Waals surface area contributed by atoms with Crippen LogP contribution < -0.4 is 21.7 Å². The van der Waals surface area contributed by atoms with E-state index >= 15 is 0 Å². The number of piperidine rings is 1. The van der Waals surface area contributed by atoms with Crippen molar-refractivity contribution in [1.29, 1.82) is 0 Å². The summed E-state index contributed by atoms with van der Waals surface area (Å²) in [5.41, 5.74) is 4.23. The Hall–Kier alpha value is -3.18. The van der Waals surface area contributed by atoms with Crippen molar-refractivity contribution in [2.75, 3.05) is 20.1 Å². The van der Waals surface area contributed by atoms with Crippen LogP contribution in [0.5, 0.6) is 0 Å². The first-order chi connectivity index (χ1) is 22.0. The van der Waals surface area contributed by atoms with Gasteiger partial charge in [0.05, 0.1) is 12.6 Å². The number of nitrogens with one attached hydrogen (secondary N) is 3. The molecule has 0 radical (unpaired) electrons. The average Bonchev–Trinajstić information content (AvgIpc) is 3.80. The highest BCUT2D eigenvalue weighted by molar-refractivity contribution is 6.37. The first kappa shape index (κ1) is 42.8. The third-order valence-electron chi connectivity index (χ3n) is 9.08. The van der Waals surface area contributed by atoms with Crippen LogP contribution in [-0.4, -0.2) is 89.5 Å². The summed E-state index contributed by atoms with van der Waals surface area (Å²) in [6, 6.07) is -3.50. The lowest BCUT2D eigenvalue weighted by Gasteiger charge is -2.45. The Labute approximate surface area is 289 Å². The van der Waals surface area contributed by atoms with Crippen LogP contribution in [0.1, 0.15) is 121 Å². The van der Waals surface area contributed by atoms with E-state index in [4.69, 9.17) is 5.73 Å². The molecule has 1 saturated heterocycles. The van der Waals surface area contributed by atoms with E-state index in [1.165, 1.54) is 31.1 Å². The molecule has 1 heterocycles. The molecule has 48 heavy (non-hydrogen) atoms. The molecule has 12 nitrogen and oxygen atoms in total. The van der Waals surface area contributed by atoms with Crippen LogP contribution in [0.2, 0.25) is 0 Å². The van der Waals surface area contributed by atoms with E-state index in [0.717, 1.165) is 24.7 Å². The minimum Gasteiger partial charge on any atom is -0.363 e. The maximum atomic E-state index is 13.9. The number of nitrogens with zero attached hydrogens (tertiary/aromatic N) is 2. The summed E-state index contributed by atoms with van der Waals surface area (Å²) >= 11 is 0. The molecule has 1 aliphatic heterocycles. The number of carbonyl (C=O) groups is 6. The van der Waals surface area contributed by atoms with Crippen molar-refractivity contribution in [3.63, 3.8) is 0 Å². The molecular formula is C36H66N6O6. The van der Waals surface area contributed by atoms with Gasteiger partial charge >= 0.3 is 6.03 Å². The average molecular weight is 679 g/mol. The molecule has 6 amide bonds. The van der Waals surface area contributed by atoms with Crippen molar-refractivity contribution in [3.8, 4) is 0 Å². The molecule has 0 aromatic heterocycles. The molecule has 3 rings (SSSR count). The fourth-order valence-corrected chi connectivity index (χ4v) is 5.41. The van der Waals surface area contributed by atoms with Gasteiger partial charge in [0.15, 0.2) is 0 Å². The predicted molar refractivity (Wildman–Crippen MR) is 189 cm³/mol. The molecule has 276 valence electrons. The van der Waals surface area contributed by atoms with Gasteiger partial charge in [0.2, 0.25) is 23.5 Å². The minimum atomic E-state index is -1.16. The number of carbonyl (C=O) groups excluding carboxylic acids is 6. The third kappa shape index (κ3) is 14.5. The molecule has 4 atom stereocenters. The van der Waals surface area contributed by atoms with Crippen molar-refractivity contribution in [3.05, 3.63) is 0 Å². The number of likely N-dealkylation sites (N-methyl/N-ethyl adjacent to an activating group) is 1. The number of primary amides is 1. The van der Waals surface area contributed by atoms with Crippen LogP contribution in [0.3, 0.4) is 0 Å². The SMILES string of the molecule is CC(C)C.CC(NC(=O)[C@@H]1C[C@@H](C(C)(C)C)CCN1C(=O)C(NC(=O)NCC(=O)N(C)C1CC1)C(C)(C)C)C(=O)C(N)=O.CC1CCC1. The topological polar surface area (TPSA) is 171 Å². The van der Waals surface area contributed by atoms with E-state index in [9.17, 15) is 28.8 Å². The minimum absolute atomic E-state index is 0.110. The highest BCUT2D eigenvalue weighted by Crippen LogP contribution is 2.38. The summed E-state index contributed by atoms with van der Waals surface area (Å²) in [5.74, 6) is -1.31.